The first kappa shape index (κ1) is 15.5. The molecule has 3 aromatic rings. The molecule has 0 fully saturated rings. The van der Waals surface area contributed by atoms with Crippen LogP contribution in [0.1, 0.15) is 23.3 Å². The average Bonchev–Trinajstić information content (AvgIpc) is 3.19. The number of furan rings is 1. The quantitative estimate of drug-likeness (QED) is 0.746. The number of benzene rings is 1. The highest BCUT2D eigenvalue weighted by atomic mass is 32.1. The van der Waals surface area contributed by atoms with Crippen LogP contribution >= 0.6 is 11.3 Å². The van der Waals surface area contributed by atoms with Gasteiger partial charge >= 0.3 is 0 Å². The number of hydrogen-bond donors (Lipinski definition) is 1. The van der Waals surface area contributed by atoms with Crippen molar-refractivity contribution in [1.29, 1.82) is 0 Å². The van der Waals surface area contributed by atoms with Gasteiger partial charge in [0.15, 0.2) is 5.13 Å². The summed E-state index contributed by atoms with van der Waals surface area (Å²) in [4.78, 5) is 16.5. The summed E-state index contributed by atoms with van der Waals surface area (Å²) in [6.45, 7) is 4.17. The van der Waals surface area contributed by atoms with Crippen LogP contribution in [0.25, 0.3) is 11.3 Å². The van der Waals surface area contributed by atoms with Crippen molar-refractivity contribution >= 4 is 22.4 Å². The fourth-order valence-corrected chi connectivity index (χ4v) is 2.97. The molecule has 0 aliphatic rings. The minimum atomic E-state index is -0.0533. The Bertz CT molecular complexity index is 806. The Morgan fingerprint density at radius 2 is 2.13 bits per heavy atom. The normalized spacial score (nSPS) is 10.7. The van der Waals surface area contributed by atoms with Gasteiger partial charge in [-0.2, -0.15) is 0 Å². The minimum Gasteiger partial charge on any atom is -0.469 e. The average molecular weight is 326 g/mol. The second-order valence-electron chi connectivity index (χ2n) is 5.46. The van der Waals surface area contributed by atoms with E-state index in [1.54, 1.807) is 6.26 Å². The molecule has 0 aliphatic heterocycles. The van der Waals surface area contributed by atoms with E-state index in [0.29, 0.717) is 18.0 Å². The lowest BCUT2D eigenvalue weighted by Gasteiger charge is -2.03. The molecule has 0 radical (unpaired) electrons. The van der Waals surface area contributed by atoms with Crippen molar-refractivity contribution in [3.05, 3.63) is 58.9 Å². The third-order valence-electron chi connectivity index (χ3n) is 3.73. The summed E-state index contributed by atoms with van der Waals surface area (Å²) in [5.41, 5.74) is 4.45. The largest absolute Gasteiger partial charge is 0.469 e. The molecule has 2 heterocycles. The van der Waals surface area contributed by atoms with Crippen molar-refractivity contribution in [1.82, 2.24) is 4.98 Å². The third-order valence-corrected chi connectivity index (χ3v) is 4.49. The maximum absolute atomic E-state index is 12.0. The maximum atomic E-state index is 12.0. The predicted octanol–water partition coefficient (Wildman–Crippen LogP) is 4.59. The molecule has 0 bridgehead atoms. The zero-order chi connectivity index (χ0) is 16.2. The summed E-state index contributed by atoms with van der Waals surface area (Å²) in [7, 11) is 0. The number of hydrogen-bond acceptors (Lipinski definition) is 4. The SMILES string of the molecule is Cc1ccc(-c2csc(NC(=O)CCc3ccco3)n2)cc1C. The molecule has 23 heavy (non-hydrogen) atoms. The number of aryl methyl sites for hydroxylation is 3. The zero-order valence-corrected chi connectivity index (χ0v) is 13.9. The first-order valence-corrected chi connectivity index (χ1v) is 8.35. The van der Waals surface area contributed by atoms with Crippen molar-refractivity contribution in [2.45, 2.75) is 26.7 Å². The van der Waals surface area contributed by atoms with Crippen LogP contribution in [0.3, 0.4) is 0 Å². The Morgan fingerprint density at radius 1 is 1.26 bits per heavy atom. The Labute approximate surface area is 139 Å². The van der Waals surface area contributed by atoms with Crippen molar-refractivity contribution in [3.63, 3.8) is 0 Å². The van der Waals surface area contributed by atoms with Gasteiger partial charge in [-0.1, -0.05) is 12.1 Å². The summed E-state index contributed by atoms with van der Waals surface area (Å²) in [6.07, 6.45) is 2.59. The van der Waals surface area contributed by atoms with Crippen LogP contribution in [0.2, 0.25) is 0 Å². The third kappa shape index (κ3) is 3.87. The first-order valence-electron chi connectivity index (χ1n) is 7.47. The molecule has 3 rings (SSSR count). The van der Waals surface area contributed by atoms with Gasteiger partial charge in [-0.15, -0.1) is 11.3 Å². The molecule has 5 heteroatoms. The van der Waals surface area contributed by atoms with Crippen molar-refractivity contribution in [3.8, 4) is 11.3 Å². The molecular formula is C18H18N2O2S. The summed E-state index contributed by atoms with van der Waals surface area (Å²) in [5, 5.41) is 5.44. The number of carbonyl (C=O) groups excluding carboxylic acids is 1. The molecule has 1 aromatic carbocycles. The Kier molecular flexibility index (Phi) is 4.57. The van der Waals surface area contributed by atoms with E-state index in [1.807, 2.05) is 17.5 Å². The van der Waals surface area contributed by atoms with E-state index in [0.717, 1.165) is 17.0 Å². The van der Waals surface area contributed by atoms with Crippen molar-refractivity contribution in [2.24, 2.45) is 0 Å². The Balaban J connectivity index is 1.62. The number of nitrogens with zero attached hydrogens (tertiary/aromatic N) is 1. The lowest BCUT2D eigenvalue weighted by Crippen LogP contribution is -2.11. The number of anilines is 1. The van der Waals surface area contributed by atoms with Gasteiger partial charge in [-0.3, -0.25) is 4.79 Å². The molecule has 0 spiro atoms. The Morgan fingerprint density at radius 3 is 2.87 bits per heavy atom. The standard InChI is InChI=1S/C18H18N2O2S/c1-12-5-6-14(10-13(12)2)16-11-23-18(19-16)20-17(21)8-7-15-4-3-9-22-15/h3-6,9-11H,7-8H2,1-2H3,(H,19,20,21). The topological polar surface area (TPSA) is 55.1 Å². The highest BCUT2D eigenvalue weighted by Gasteiger charge is 2.09. The molecule has 1 amide bonds. The van der Waals surface area contributed by atoms with E-state index >= 15 is 0 Å². The van der Waals surface area contributed by atoms with Gasteiger partial charge in [0.25, 0.3) is 0 Å². The molecule has 1 N–H and O–H groups in total. The van der Waals surface area contributed by atoms with E-state index in [4.69, 9.17) is 4.42 Å². The monoisotopic (exact) mass is 326 g/mol. The van der Waals surface area contributed by atoms with Crippen LogP contribution in [0, 0.1) is 13.8 Å². The summed E-state index contributed by atoms with van der Waals surface area (Å²) < 4.78 is 5.22. The molecule has 0 saturated carbocycles. The second-order valence-corrected chi connectivity index (χ2v) is 6.32. The molecule has 0 saturated heterocycles. The number of thiazole rings is 1. The number of nitrogens with one attached hydrogen (secondary N) is 1. The fraction of sp³-hybridized carbons (Fsp3) is 0.222. The van der Waals surface area contributed by atoms with Crippen LogP contribution in [-0.4, -0.2) is 10.9 Å². The van der Waals surface area contributed by atoms with E-state index in [9.17, 15) is 4.79 Å². The summed E-state index contributed by atoms with van der Waals surface area (Å²) in [6, 6.07) is 9.96. The highest BCUT2D eigenvalue weighted by Crippen LogP contribution is 2.26. The first-order chi connectivity index (χ1) is 11.1. The van der Waals surface area contributed by atoms with Gasteiger partial charge in [0.1, 0.15) is 5.76 Å². The fourth-order valence-electron chi connectivity index (χ4n) is 2.24. The second kappa shape index (κ2) is 6.79. The van der Waals surface area contributed by atoms with E-state index in [-0.39, 0.29) is 5.91 Å². The Hall–Kier alpha value is -2.40. The molecule has 0 unspecified atom stereocenters. The van der Waals surface area contributed by atoms with Gasteiger partial charge in [-0.05, 0) is 43.2 Å². The molecule has 4 nitrogen and oxygen atoms in total. The van der Waals surface area contributed by atoms with E-state index < -0.39 is 0 Å². The smallest absolute Gasteiger partial charge is 0.226 e. The predicted molar refractivity (Wildman–Crippen MR) is 92.7 cm³/mol. The number of rotatable bonds is 5. The van der Waals surface area contributed by atoms with Gasteiger partial charge in [0.2, 0.25) is 5.91 Å². The summed E-state index contributed by atoms with van der Waals surface area (Å²) >= 11 is 1.44. The van der Waals surface area contributed by atoms with Gasteiger partial charge < -0.3 is 9.73 Å². The maximum Gasteiger partial charge on any atom is 0.226 e. The lowest BCUT2D eigenvalue weighted by atomic mass is 10.1. The van der Waals surface area contributed by atoms with Gasteiger partial charge in [0, 0.05) is 23.8 Å². The lowest BCUT2D eigenvalue weighted by molar-refractivity contribution is -0.116. The number of amides is 1. The summed E-state index contributed by atoms with van der Waals surface area (Å²) in [5.74, 6) is 0.762. The van der Waals surface area contributed by atoms with Crippen LogP contribution in [0.15, 0.2) is 46.4 Å². The van der Waals surface area contributed by atoms with E-state index in [1.165, 1.54) is 22.5 Å². The van der Waals surface area contributed by atoms with Gasteiger partial charge in [-0.25, -0.2) is 4.98 Å². The molecule has 0 atom stereocenters. The van der Waals surface area contributed by atoms with Crippen LogP contribution in [0.4, 0.5) is 5.13 Å². The van der Waals surface area contributed by atoms with Crippen LogP contribution in [0.5, 0.6) is 0 Å². The molecule has 2 aromatic heterocycles. The van der Waals surface area contributed by atoms with Crippen molar-refractivity contribution < 1.29 is 9.21 Å². The minimum absolute atomic E-state index is 0.0533. The van der Waals surface area contributed by atoms with Crippen LogP contribution < -0.4 is 5.32 Å². The highest BCUT2D eigenvalue weighted by molar-refractivity contribution is 7.14. The molecule has 0 aliphatic carbocycles. The zero-order valence-electron chi connectivity index (χ0n) is 13.1. The van der Waals surface area contributed by atoms with Crippen LogP contribution in [-0.2, 0) is 11.2 Å². The molecular weight excluding hydrogens is 308 g/mol. The van der Waals surface area contributed by atoms with Gasteiger partial charge in [0.05, 0.1) is 12.0 Å². The van der Waals surface area contributed by atoms with E-state index in [2.05, 4.69) is 42.3 Å². The molecule has 118 valence electrons. The van der Waals surface area contributed by atoms with Crippen molar-refractivity contribution in [2.75, 3.05) is 5.32 Å². The number of aromatic nitrogens is 1. The number of carbonyl (C=O) groups is 1.